The largest absolute Gasteiger partial charge is 0.481 e. The van der Waals surface area contributed by atoms with E-state index in [0.717, 1.165) is 38.9 Å². The Morgan fingerprint density at radius 2 is 1.71 bits per heavy atom. The maximum Gasteiger partial charge on any atom is 0.222 e. The van der Waals surface area contributed by atoms with Crippen LogP contribution >= 0.6 is 22.6 Å². The summed E-state index contributed by atoms with van der Waals surface area (Å²) < 4.78 is 5.15. The second kappa shape index (κ2) is 7.63. The molecule has 0 saturated heterocycles. The lowest BCUT2D eigenvalue weighted by atomic mass is 9.99. The molecule has 0 bridgehead atoms. The first-order valence-electron chi connectivity index (χ1n) is 8.63. The number of pyridine rings is 1. The number of methoxy groups -OCH3 is 1. The SMILES string of the molecule is COc1ccc(-c2ccc3ncnc(-c4ccc(C)c(C(=O)I)c4)c3c2)cn1. The van der Waals surface area contributed by atoms with E-state index in [0.29, 0.717) is 11.4 Å². The van der Waals surface area contributed by atoms with Gasteiger partial charge in [0, 0.05) is 56.9 Å². The lowest BCUT2D eigenvalue weighted by molar-refractivity contribution is 0.110. The number of hydrogen-bond donors (Lipinski definition) is 0. The summed E-state index contributed by atoms with van der Waals surface area (Å²) in [4.78, 5) is 25.1. The van der Waals surface area contributed by atoms with E-state index in [9.17, 15) is 4.79 Å². The second-order valence-electron chi connectivity index (χ2n) is 6.35. The van der Waals surface area contributed by atoms with E-state index in [-0.39, 0.29) is 3.79 Å². The van der Waals surface area contributed by atoms with Gasteiger partial charge in [-0.15, -0.1) is 0 Å². The van der Waals surface area contributed by atoms with Crippen molar-refractivity contribution in [1.29, 1.82) is 0 Å². The monoisotopic (exact) mass is 481 g/mol. The number of aromatic nitrogens is 3. The van der Waals surface area contributed by atoms with Gasteiger partial charge in [0.2, 0.25) is 9.67 Å². The summed E-state index contributed by atoms with van der Waals surface area (Å²) in [6, 6.07) is 15.7. The van der Waals surface area contributed by atoms with E-state index in [2.05, 4.69) is 21.0 Å². The molecule has 0 atom stereocenters. The quantitative estimate of drug-likeness (QED) is 0.294. The summed E-state index contributed by atoms with van der Waals surface area (Å²) >= 11 is 1.82. The lowest BCUT2D eigenvalue weighted by Gasteiger charge is -2.10. The molecule has 0 fully saturated rings. The zero-order valence-electron chi connectivity index (χ0n) is 15.3. The minimum atomic E-state index is 0.0142. The number of carbonyl (C=O) groups excluding carboxylic acids is 1. The Morgan fingerprint density at radius 3 is 2.43 bits per heavy atom. The highest BCUT2D eigenvalue weighted by Crippen LogP contribution is 2.31. The second-order valence-corrected chi connectivity index (χ2v) is 7.33. The van der Waals surface area contributed by atoms with E-state index in [1.807, 2.05) is 72.0 Å². The van der Waals surface area contributed by atoms with Crippen LogP contribution < -0.4 is 4.74 Å². The van der Waals surface area contributed by atoms with E-state index in [1.54, 1.807) is 19.6 Å². The Balaban J connectivity index is 1.87. The fourth-order valence-corrected chi connectivity index (χ4v) is 3.70. The van der Waals surface area contributed by atoms with Crippen molar-refractivity contribution >= 4 is 37.3 Å². The van der Waals surface area contributed by atoms with E-state index in [4.69, 9.17) is 4.74 Å². The molecule has 4 aromatic rings. The number of halogens is 1. The van der Waals surface area contributed by atoms with Crippen molar-refractivity contribution < 1.29 is 9.53 Å². The van der Waals surface area contributed by atoms with Crippen LogP contribution in [0.3, 0.4) is 0 Å². The van der Waals surface area contributed by atoms with Crippen molar-refractivity contribution in [2.75, 3.05) is 7.11 Å². The average Bonchev–Trinajstić information content (AvgIpc) is 2.73. The summed E-state index contributed by atoms with van der Waals surface area (Å²) in [6.45, 7) is 1.93. The van der Waals surface area contributed by atoms with E-state index >= 15 is 0 Å². The third kappa shape index (κ3) is 3.47. The first-order chi connectivity index (χ1) is 13.6. The fraction of sp³-hybridized carbons (Fsp3) is 0.0909. The fourth-order valence-electron chi connectivity index (χ4n) is 3.12. The smallest absolute Gasteiger partial charge is 0.222 e. The number of rotatable bonds is 4. The van der Waals surface area contributed by atoms with Crippen molar-refractivity contribution in [1.82, 2.24) is 15.0 Å². The molecule has 0 aliphatic heterocycles. The van der Waals surface area contributed by atoms with Crippen LogP contribution in [0.2, 0.25) is 0 Å². The third-order valence-corrected chi connectivity index (χ3v) is 5.22. The van der Waals surface area contributed by atoms with Gasteiger partial charge in [-0.25, -0.2) is 15.0 Å². The van der Waals surface area contributed by atoms with Gasteiger partial charge in [-0.1, -0.05) is 18.2 Å². The normalized spacial score (nSPS) is 10.8. The highest BCUT2D eigenvalue weighted by atomic mass is 127. The van der Waals surface area contributed by atoms with Gasteiger partial charge in [0.05, 0.1) is 18.3 Å². The molecular formula is C22H16IN3O2. The number of aryl methyl sites for hydroxylation is 1. The molecule has 0 aliphatic carbocycles. The highest BCUT2D eigenvalue weighted by molar-refractivity contribution is 14.1. The Labute approximate surface area is 176 Å². The van der Waals surface area contributed by atoms with Gasteiger partial charge in [-0.2, -0.15) is 0 Å². The lowest BCUT2D eigenvalue weighted by Crippen LogP contribution is -1.95. The number of hydrogen-bond acceptors (Lipinski definition) is 5. The Bertz CT molecular complexity index is 1190. The maximum atomic E-state index is 11.9. The summed E-state index contributed by atoms with van der Waals surface area (Å²) in [5, 5.41) is 0.923. The molecule has 2 aromatic heterocycles. The minimum absolute atomic E-state index is 0.0142. The van der Waals surface area contributed by atoms with Gasteiger partial charge in [0.15, 0.2) is 0 Å². The molecule has 28 heavy (non-hydrogen) atoms. The maximum absolute atomic E-state index is 11.9. The van der Waals surface area contributed by atoms with Crippen molar-refractivity contribution in [3.8, 4) is 28.3 Å². The van der Waals surface area contributed by atoms with Crippen molar-refractivity contribution in [2.45, 2.75) is 6.92 Å². The minimum Gasteiger partial charge on any atom is -0.481 e. The zero-order valence-corrected chi connectivity index (χ0v) is 17.5. The van der Waals surface area contributed by atoms with Gasteiger partial charge in [0.25, 0.3) is 0 Å². The molecule has 0 amide bonds. The number of fused-ring (bicyclic) bond motifs is 1. The van der Waals surface area contributed by atoms with Crippen LogP contribution in [0.1, 0.15) is 15.9 Å². The third-order valence-electron chi connectivity index (χ3n) is 4.64. The highest BCUT2D eigenvalue weighted by Gasteiger charge is 2.12. The summed E-state index contributed by atoms with van der Waals surface area (Å²) in [6.07, 6.45) is 3.33. The molecule has 0 radical (unpaired) electrons. The van der Waals surface area contributed by atoms with Crippen LogP contribution in [0.25, 0.3) is 33.3 Å². The van der Waals surface area contributed by atoms with Crippen LogP contribution in [0.5, 0.6) is 5.88 Å². The molecule has 6 heteroatoms. The number of ether oxygens (including phenoxy) is 1. The molecular weight excluding hydrogens is 465 g/mol. The van der Waals surface area contributed by atoms with Gasteiger partial charge >= 0.3 is 0 Å². The van der Waals surface area contributed by atoms with Gasteiger partial charge in [-0.05, 0) is 42.3 Å². The molecule has 0 aliphatic rings. The van der Waals surface area contributed by atoms with E-state index < -0.39 is 0 Å². The van der Waals surface area contributed by atoms with Gasteiger partial charge in [0.1, 0.15) is 6.33 Å². The summed E-state index contributed by atoms with van der Waals surface area (Å²) in [5.74, 6) is 0.573. The molecule has 2 aromatic carbocycles. The standard InChI is InChI=1S/C22H16IN3O2/c1-13-3-4-15(10-17(13)22(23)27)21-18-9-14(5-7-19(18)25-12-26-21)16-6-8-20(28-2)24-11-16/h3-12H,1-2H3. The number of carbonyl (C=O) groups is 1. The van der Waals surface area contributed by atoms with Gasteiger partial charge < -0.3 is 4.74 Å². The average molecular weight is 481 g/mol. The van der Waals surface area contributed by atoms with Gasteiger partial charge in [-0.3, -0.25) is 4.79 Å². The Hall–Kier alpha value is -2.87. The van der Waals surface area contributed by atoms with Crippen molar-refractivity contribution in [3.05, 3.63) is 72.2 Å². The predicted octanol–water partition coefficient (Wildman–Crippen LogP) is 5.25. The van der Waals surface area contributed by atoms with Crippen LogP contribution in [-0.4, -0.2) is 25.9 Å². The number of nitrogens with zero attached hydrogens (tertiary/aromatic N) is 3. The van der Waals surface area contributed by atoms with Crippen LogP contribution in [0.4, 0.5) is 0 Å². The first kappa shape index (κ1) is 18.5. The molecule has 5 nitrogen and oxygen atoms in total. The Morgan fingerprint density at radius 1 is 0.929 bits per heavy atom. The zero-order chi connectivity index (χ0) is 19.7. The van der Waals surface area contributed by atoms with Crippen LogP contribution in [-0.2, 0) is 0 Å². The molecule has 0 spiro atoms. The van der Waals surface area contributed by atoms with Crippen molar-refractivity contribution in [2.24, 2.45) is 0 Å². The summed E-state index contributed by atoms with van der Waals surface area (Å²) in [7, 11) is 1.60. The van der Waals surface area contributed by atoms with Crippen LogP contribution in [0, 0.1) is 6.92 Å². The number of benzene rings is 2. The van der Waals surface area contributed by atoms with E-state index in [1.165, 1.54) is 0 Å². The topological polar surface area (TPSA) is 65.0 Å². The molecule has 0 unspecified atom stereocenters. The van der Waals surface area contributed by atoms with Crippen molar-refractivity contribution in [3.63, 3.8) is 0 Å². The molecule has 0 N–H and O–H groups in total. The summed E-state index contributed by atoms with van der Waals surface area (Å²) in [5.41, 5.74) is 6.17. The molecule has 138 valence electrons. The molecule has 2 heterocycles. The molecule has 0 saturated carbocycles. The molecule has 4 rings (SSSR count). The predicted molar refractivity (Wildman–Crippen MR) is 118 cm³/mol. The first-order valence-corrected chi connectivity index (χ1v) is 9.71. The Kier molecular flexibility index (Phi) is 5.04. The van der Waals surface area contributed by atoms with Crippen LogP contribution in [0.15, 0.2) is 61.1 Å².